The smallest absolute Gasteiger partial charge is 0.162 e. The molecule has 0 spiro atoms. The summed E-state index contributed by atoms with van der Waals surface area (Å²) in [6, 6.07) is 2.01. The van der Waals surface area contributed by atoms with Crippen LogP contribution in [0.4, 0.5) is 5.82 Å². The second-order valence-electron chi connectivity index (χ2n) is 3.37. The number of rotatable bonds is 2. The second kappa shape index (κ2) is 3.98. The minimum atomic E-state index is 0.586. The number of hydrogen-bond donors (Lipinski definition) is 1. The van der Waals surface area contributed by atoms with Crippen molar-refractivity contribution in [1.82, 2.24) is 9.97 Å². The molecule has 2 aromatic rings. The molecule has 0 aliphatic heterocycles. The predicted molar refractivity (Wildman–Crippen MR) is 63.9 cm³/mol. The van der Waals surface area contributed by atoms with Crippen LogP contribution in [-0.4, -0.2) is 9.97 Å². The largest absolute Gasteiger partial charge is 0.383 e. The molecule has 78 valence electrons. The Kier molecular flexibility index (Phi) is 2.68. The lowest BCUT2D eigenvalue weighted by Gasteiger charge is -2.07. The number of nitrogens with two attached hydrogens (primary N) is 1. The van der Waals surface area contributed by atoms with Crippen LogP contribution in [0.5, 0.6) is 0 Å². The van der Waals surface area contributed by atoms with Crippen LogP contribution in [0.1, 0.15) is 18.2 Å². The van der Waals surface area contributed by atoms with Gasteiger partial charge < -0.3 is 5.73 Å². The Morgan fingerprint density at radius 2 is 2.20 bits per heavy atom. The third-order valence-electron chi connectivity index (χ3n) is 2.40. The summed E-state index contributed by atoms with van der Waals surface area (Å²) in [6.45, 7) is 4.04. The van der Waals surface area contributed by atoms with E-state index in [4.69, 9.17) is 5.73 Å². The van der Waals surface area contributed by atoms with E-state index in [-0.39, 0.29) is 0 Å². The van der Waals surface area contributed by atoms with Gasteiger partial charge in [-0.3, -0.25) is 0 Å². The summed E-state index contributed by atoms with van der Waals surface area (Å²) in [7, 11) is 0. The van der Waals surface area contributed by atoms with Crippen LogP contribution < -0.4 is 5.73 Å². The van der Waals surface area contributed by atoms with Gasteiger partial charge in [-0.1, -0.05) is 6.92 Å². The molecule has 2 aromatic heterocycles. The molecule has 2 heterocycles. The highest BCUT2D eigenvalue weighted by atomic mass is 32.1. The van der Waals surface area contributed by atoms with Gasteiger partial charge in [0.25, 0.3) is 0 Å². The minimum Gasteiger partial charge on any atom is -0.383 e. The van der Waals surface area contributed by atoms with Crippen LogP contribution in [-0.2, 0) is 6.42 Å². The molecule has 0 aliphatic carbocycles. The highest BCUT2D eigenvalue weighted by Crippen LogP contribution is 2.22. The molecule has 0 aliphatic rings. The fraction of sp³-hybridized carbons (Fsp3) is 0.273. The van der Waals surface area contributed by atoms with Crippen LogP contribution in [0.2, 0.25) is 0 Å². The molecule has 0 radical (unpaired) electrons. The summed E-state index contributed by atoms with van der Waals surface area (Å²) in [5, 5.41) is 4.05. The van der Waals surface area contributed by atoms with Crippen molar-refractivity contribution in [2.45, 2.75) is 20.3 Å². The number of thiophene rings is 1. The third-order valence-corrected chi connectivity index (χ3v) is 3.08. The van der Waals surface area contributed by atoms with Crippen molar-refractivity contribution < 1.29 is 0 Å². The van der Waals surface area contributed by atoms with Gasteiger partial charge in [-0.25, -0.2) is 9.97 Å². The van der Waals surface area contributed by atoms with Gasteiger partial charge in [-0.05, 0) is 24.8 Å². The van der Waals surface area contributed by atoms with Gasteiger partial charge in [0.2, 0.25) is 0 Å². The molecule has 0 amide bonds. The van der Waals surface area contributed by atoms with Crippen LogP contribution >= 0.6 is 11.3 Å². The van der Waals surface area contributed by atoms with Crippen LogP contribution in [0.3, 0.4) is 0 Å². The summed E-state index contributed by atoms with van der Waals surface area (Å²) in [5.74, 6) is 1.32. The van der Waals surface area contributed by atoms with Gasteiger partial charge in [-0.2, -0.15) is 11.3 Å². The van der Waals surface area contributed by atoms with Gasteiger partial charge in [0.15, 0.2) is 5.82 Å². The van der Waals surface area contributed by atoms with E-state index < -0.39 is 0 Å². The fourth-order valence-corrected chi connectivity index (χ4v) is 2.08. The van der Waals surface area contributed by atoms with Gasteiger partial charge in [-0.15, -0.1) is 0 Å². The van der Waals surface area contributed by atoms with Crippen molar-refractivity contribution in [2.75, 3.05) is 5.73 Å². The zero-order valence-electron chi connectivity index (χ0n) is 8.82. The highest BCUT2D eigenvalue weighted by molar-refractivity contribution is 7.08. The number of hydrogen-bond acceptors (Lipinski definition) is 4. The Balaban J connectivity index is 2.55. The fourth-order valence-electron chi connectivity index (χ4n) is 1.45. The Bertz CT molecular complexity index is 463. The zero-order chi connectivity index (χ0) is 10.8. The summed E-state index contributed by atoms with van der Waals surface area (Å²) >= 11 is 1.64. The third kappa shape index (κ3) is 1.85. The maximum Gasteiger partial charge on any atom is 0.162 e. The number of nitrogens with zero attached hydrogens (tertiary/aromatic N) is 2. The molecule has 0 fully saturated rings. The van der Waals surface area contributed by atoms with E-state index in [2.05, 4.69) is 16.9 Å². The number of aryl methyl sites for hydroxylation is 1. The first-order chi connectivity index (χ1) is 7.22. The van der Waals surface area contributed by atoms with E-state index in [0.717, 1.165) is 29.1 Å². The number of nitrogen functional groups attached to an aromatic ring is 1. The number of aromatic nitrogens is 2. The van der Waals surface area contributed by atoms with Crippen molar-refractivity contribution >= 4 is 17.2 Å². The molecule has 0 atom stereocenters. The summed E-state index contributed by atoms with van der Waals surface area (Å²) in [5.41, 5.74) is 8.93. The molecule has 3 nitrogen and oxygen atoms in total. The normalized spacial score (nSPS) is 10.5. The maximum atomic E-state index is 5.86. The first-order valence-electron chi connectivity index (χ1n) is 4.88. The Labute approximate surface area is 93.0 Å². The molecule has 0 saturated carbocycles. The van der Waals surface area contributed by atoms with Crippen LogP contribution in [0.15, 0.2) is 16.8 Å². The zero-order valence-corrected chi connectivity index (χ0v) is 9.64. The van der Waals surface area contributed by atoms with Crippen molar-refractivity contribution in [2.24, 2.45) is 0 Å². The SMILES string of the molecule is CCc1nc(-c2ccsc2)nc(N)c1C. The minimum absolute atomic E-state index is 0.586. The molecular weight excluding hydrogens is 206 g/mol. The van der Waals surface area contributed by atoms with E-state index in [9.17, 15) is 0 Å². The standard InChI is InChI=1S/C11H13N3S/c1-3-9-7(2)10(12)14-11(13-9)8-4-5-15-6-8/h4-6H,3H2,1-2H3,(H2,12,13,14). The van der Waals surface area contributed by atoms with Crippen LogP contribution in [0.25, 0.3) is 11.4 Å². The van der Waals surface area contributed by atoms with Crippen molar-refractivity contribution in [3.63, 3.8) is 0 Å². The monoisotopic (exact) mass is 219 g/mol. The lowest BCUT2D eigenvalue weighted by molar-refractivity contribution is 0.983. The first-order valence-corrected chi connectivity index (χ1v) is 5.82. The quantitative estimate of drug-likeness (QED) is 0.844. The van der Waals surface area contributed by atoms with Gasteiger partial charge in [0.1, 0.15) is 5.82 Å². The number of anilines is 1. The Morgan fingerprint density at radius 3 is 2.80 bits per heavy atom. The molecule has 0 unspecified atom stereocenters. The molecule has 4 heteroatoms. The van der Waals surface area contributed by atoms with E-state index in [1.165, 1.54) is 0 Å². The molecule has 2 rings (SSSR count). The van der Waals surface area contributed by atoms with E-state index in [0.29, 0.717) is 5.82 Å². The molecule has 15 heavy (non-hydrogen) atoms. The molecule has 2 N–H and O–H groups in total. The lowest BCUT2D eigenvalue weighted by Crippen LogP contribution is -2.03. The van der Waals surface area contributed by atoms with Crippen LogP contribution in [0, 0.1) is 6.92 Å². The van der Waals surface area contributed by atoms with E-state index in [1.54, 1.807) is 11.3 Å². The van der Waals surface area contributed by atoms with Gasteiger partial charge >= 0.3 is 0 Å². The Hall–Kier alpha value is -1.42. The topological polar surface area (TPSA) is 51.8 Å². The highest BCUT2D eigenvalue weighted by Gasteiger charge is 2.08. The molecule has 0 bridgehead atoms. The van der Waals surface area contributed by atoms with Crippen molar-refractivity contribution in [3.8, 4) is 11.4 Å². The maximum absolute atomic E-state index is 5.86. The predicted octanol–water partition coefficient (Wildman–Crippen LogP) is 2.66. The molecular formula is C11H13N3S. The molecule has 0 aromatic carbocycles. The summed E-state index contributed by atoms with van der Waals surface area (Å²) in [4.78, 5) is 8.81. The van der Waals surface area contributed by atoms with E-state index in [1.807, 2.05) is 23.8 Å². The summed E-state index contributed by atoms with van der Waals surface area (Å²) in [6.07, 6.45) is 0.885. The average Bonchev–Trinajstić information content (AvgIpc) is 2.75. The second-order valence-corrected chi connectivity index (χ2v) is 4.15. The Morgan fingerprint density at radius 1 is 1.40 bits per heavy atom. The van der Waals surface area contributed by atoms with Crippen molar-refractivity contribution in [1.29, 1.82) is 0 Å². The van der Waals surface area contributed by atoms with Gasteiger partial charge in [0.05, 0.1) is 0 Å². The van der Waals surface area contributed by atoms with Crippen molar-refractivity contribution in [3.05, 3.63) is 28.1 Å². The van der Waals surface area contributed by atoms with E-state index >= 15 is 0 Å². The first kappa shape index (κ1) is 10.1. The van der Waals surface area contributed by atoms with Gasteiger partial charge in [0, 0.05) is 22.2 Å². The molecule has 0 saturated heterocycles. The summed E-state index contributed by atoms with van der Waals surface area (Å²) < 4.78 is 0. The average molecular weight is 219 g/mol. The lowest BCUT2D eigenvalue weighted by atomic mass is 10.2.